The van der Waals surface area contributed by atoms with Crippen LogP contribution >= 0.6 is 11.3 Å². The molecule has 3 heteroatoms. The molecule has 0 unspecified atom stereocenters. The van der Waals surface area contributed by atoms with Crippen LogP contribution < -0.4 is 5.73 Å². The van der Waals surface area contributed by atoms with Crippen molar-refractivity contribution >= 4 is 11.3 Å². The Bertz CT molecular complexity index is 474. The van der Waals surface area contributed by atoms with Crippen molar-refractivity contribution in [1.82, 2.24) is 4.98 Å². The molecule has 0 atom stereocenters. The summed E-state index contributed by atoms with van der Waals surface area (Å²) in [6.45, 7) is 4.79. The maximum Gasteiger partial charge on any atom is 0.123 e. The average molecular weight is 218 g/mol. The lowest BCUT2D eigenvalue weighted by atomic mass is 10.1. The molecule has 0 bridgehead atoms. The van der Waals surface area contributed by atoms with Gasteiger partial charge in [-0.25, -0.2) is 4.98 Å². The van der Waals surface area contributed by atoms with Gasteiger partial charge in [-0.1, -0.05) is 23.8 Å². The minimum absolute atomic E-state index is 0.572. The minimum atomic E-state index is 0.572. The van der Waals surface area contributed by atoms with Gasteiger partial charge in [-0.2, -0.15) is 0 Å². The molecule has 0 amide bonds. The Morgan fingerprint density at radius 1 is 1.33 bits per heavy atom. The lowest BCUT2D eigenvalue weighted by Gasteiger charge is -2.02. The molecule has 15 heavy (non-hydrogen) atoms. The second-order valence-corrected chi connectivity index (χ2v) is 4.77. The van der Waals surface area contributed by atoms with Crippen molar-refractivity contribution in [3.05, 3.63) is 40.4 Å². The van der Waals surface area contributed by atoms with Crippen molar-refractivity contribution < 1.29 is 0 Å². The molecular weight excluding hydrogens is 204 g/mol. The zero-order valence-electron chi connectivity index (χ0n) is 8.95. The van der Waals surface area contributed by atoms with Gasteiger partial charge in [-0.3, -0.25) is 0 Å². The molecule has 1 aromatic heterocycles. The molecule has 0 spiro atoms. The quantitative estimate of drug-likeness (QED) is 0.841. The molecule has 0 aliphatic heterocycles. The monoisotopic (exact) mass is 218 g/mol. The summed E-state index contributed by atoms with van der Waals surface area (Å²) in [4.78, 5) is 5.52. The van der Waals surface area contributed by atoms with E-state index in [0.29, 0.717) is 6.54 Å². The molecule has 0 aliphatic rings. The fourth-order valence-corrected chi connectivity index (χ4v) is 2.46. The summed E-state index contributed by atoms with van der Waals surface area (Å²) in [7, 11) is 0. The van der Waals surface area contributed by atoms with Crippen LogP contribution in [0.1, 0.15) is 16.0 Å². The molecule has 2 N–H and O–H groups in total. The van der Waals surface area contributed by atoms with Crippen LogP contribution in [-0.4, -0.2) is 4.98 Å². The van der Waals surface area contributed by atoms with E-state index in [1.54, 1.807) is 11.3 Å². The van der Waals surface area contributed by atoms with Crippen LogP contribution in [0.15, 0.2) is 24.4 Å². The Morgan fingerprint density at radius 3 is 2.73 bits per heavy atom. The number of nitrogens with two attached hydrogens (primary N) is 1. The van der Waals surface area contributed by atoms with E-state index < -0.39 is 0 Å². The average Bonchev–Trinajstić information content (AvgIpc) is 2.66. The molecule has 2 nitrogen and oxygen atoms in total. The van der Waals surface area contributed by atoms with E-state index in [0.717, 1.165) is 9.88 Å². The summed E-state index contributed by atoms with van der Waals surface area (Å²) >= 11 is 1.67. The van der Waals surface area contributed by atoms with Gasteiger partial charge in [0.15, 0.2) is 0 Å². The highest BCUT2D eigenvalue weighted by Crippen LogP contribution is 2.28. The van der Waals surface area contributed by atoms with Gasteiger partial charge in [0.2, 0.25) is 0 Å². The molecule has 0 fully saturated rings. The summed E-state index contributed by atoms with van der Waals surface area (Å²) in [5, 5.41) is 1.06. The molecule has 1 heterocycles. The first-order valence-corrected chi connectivity index (χ1v) is 5.75. The highest BCUT2D eigenvalue weighted by Gasteiger charge is 2.06. The van der Waals surface area contributed by atoms with Crippen molar-refractivity contribution in [1.29, 1.82) is 0 Å². The summed E-state index contributed by atoms with van der Waals surface area (Å²) in [6.07, 6.45) is 1.86. The second kappa shape index (κ2) is 4.13. The summed E-state index contributed by atoms with van der Waals surface area (Å²) < 4.78 is 0. The SMILES string of the molecule is Cc1ccc(-c2ncc(CN)s2)c(C)c1. The van der Waals surface area contributed by atoms with Crippen LogP contribution in [0.5, 0.6) is 0 Å². The number of rotatable bonds is 2. The highest BCUT2D eigenvalue weighted by atomic mass is 32.1. The Morgan fingerprint density at radius 2 is 2.13 bits per heavy atom. The van der Waals surface area contributed by atoms with Crippen LogP contribution in [0, 0.1) is 13.8 Å². The normalized spacial score (nSPS) is 10.6. The molecule has 2 aromatic rings. The molecule has 0 radical (unpaired) electrons. The van der Waals surface area contributed by atoms with Gasteiger partial charge in [0, 0.05) is 23.2 Å². The van der Waals surface area contributed by atoms with Crippen molar-refractivity contribution in [3.8, 4) is 10.6 Å². The van der Waals surface area contributed by atoms with Crippen molar-refractivity contribution in [2.75, 3.05) is 0 Å². The smallest absolute Gasteiger partial charge is 0.123 e. The van der Waals surface area contributed by atoms with E-state index in [-0.39, 0.29) is 0 Å². The fraction of sp³-hybridized carbons (Fsp3) is 0.250. The third-order valence-corrected chi connectivity index (χ3v) is 3.42. The predicted molar refractivity (Wildman–Crippen MR) is 64.9 cm³/mol. The molecule has 0 aliphatic carbocycles. The number of hydrogen-bond acceptors (Lipinski definition) is 3. The third kappa shape index (κ3) is 2.08. The van der Waals surface area contributed by atoms with Crippen LogP contribution in [-0.2, 0) is 6.54 Å². The van der Waals surface area contributed by atoms with Gasteiger partial charge in [0.25, 0.3) is 0 Å². The highest BCUT2D eigenvalue weighted by molar-refractivity contribution is 7.15. The maximum absolute atomic E-state index is 5.57. The van der Waals surface area contributed by atoms with Gasteiger partial charge in [-0.15, -0.1) is 11.3 Å². The molecule has 2 rings (SSSR count). The van der Waals surface area contributed by atoms with E-state index in [1.807, 2.05) is 6.20 Å². The topological polar surface area (TPSA) is 38.9 Å². The van der Waals surface area contributed by atoms with Crippen LogP contribution in [0.4, 0.5) is 0 Å². The first kappa shape index (κ1) is 10.3. The third-order valence-electron chi connectivity index (χ3n) is 2.37. The fourth-order valence-electron chi connectivity index (χ4n) is 1.58. The van der Waals surface area contributed by atoms with Gasteiger partial charge in [0.05, 0.1) is 0 Å². The predicted octanol–water partition coefficient (Wildman–Crippen LogP) is 2.89. The number of benzene rings is 1. The molecule has 78 valence electrons. The number of thiazole rings is 1. The first-order chi connectivity index (χ1) is 7.20. The van der Waals surface area contributed by atoms with E-state index in [2.05, 4.69) is 37.0 Å². The zero-order chi connectivity index (χ0) is 10.8. The van der Waals surface area contributed by atoms with Gasteiger partial charge in [-0.05, 0) is 19.4 Å². The number of nitrogens with zero attached hydrogens (tertiary/aromatic N) is 1. The standard InChI is InChI=1S/C12H14N2S/c1-8-3-4-11(9(2)5-8)12-14-7-10(6-13)15-12/h3-5,7H,6,13H2,1-2H3. The Kier molecular flexibility index (Phi) is 2.84. The Balaban J connectivity index is 2.44. The first-order valence-electron chi connectivity index (χ1n) is 4.93. The van der Waals surface area contributed by atoms with E-state index in [9.17, 15) is 0 Å². The van der Waals surface area contributed by atoms with Crippen molar-refractivity contribution in [2.24, 2.45) is 5.73 Å². The second-order valence-electron chi connectivity index (χ2n) is 3.65. The molecular formula is C12H14N2S. The minimum Gasteiger partial charge on any atom is -0.326 e. The lowest BCUT2D eigenvalue weighted by molar-refractivity contribution is 1.10. The largest absolute Gasteiger partial charge is 0.326 e. The van der Waals surface area contributed by atoms with E-state index in [4.69, 9.17) is 5.73 Å². The molecule has 1 aromatic carbocycles. The summed E-state index contributed by atoms with van der Waals surface area (Å²) in [5.74, 6) is 0. The maximum atomic E-state index is 5.57. The lowest BCUT2D eigenvalue weighted by Crippen LogP contribution is -1.91. The van der Waals surface area contributed by atoms with Gasteiger partial charge in [0.1, 0.15) is 5.01 Å². The molecule has 0 saturated carbocycles. The van der Waals surface area contributed by atoms with E-state index in [1.165, 1.54) is 16.7 Å². The molecule has 0 saturated heterocycles. The summed E-state index contributed by atoms with van der Waals surface area (Å²) in [5.41, 5.74) is 9.34. The van der Waals surface area contributed by atoms with Crippen molar-refractivity contribution in [2.45, 2.75) is 20.4 Å². The zero-order valence-corrected chi connectivity index (χ0v) is 9.77. The van der Waals surface area contributed by atoms with Crippen LogP contribution in [0.25, 0.3) is 10.6 Å². The summed E-state index contributed by atoms with van der Waals surface area (Å²) in [6, 6.07) is 6.43. The van der Waals surface area contributed by atoms with E-state index >= 15 is 0 Å². The van der Waals surface area contributed by atoms with Gasteiger partial charge < -0.3 is 5.73 Å². The van der Waals surface area contributed by atoms with Gasteiger partial charge >= 0.3 is 0 Å². The van der Waals surface area contributed by atoms with Crippen LogP contribution in [0.2, 0.25) is 0 Å². The Labute approximate surface area is 93.8 Å². The number of aromatic nitrogens is 1. The number of hydrogen-bond donors (Lipinski definition) is 1. The number of aryl methyl sites for hydroxylation is 2. The van der Waals surface area contributed by atoms with Crippen LogP contribution in [0.3, 0.4) is 0 Å². The Hall–Kier alpha value is -1.19. The van der Waals surface area contributed by atoms with Crippen molar-refractivity contribution in [3.63, 3.8) is 0 Å².